The maximum atomic E-state index is 12.1. The second kappa shape index (κ2) is 4.35. The molecule has 0 amide bonds. The van der Waals surface area contributed by atoms with E-state index in [4.69, 9.17) is 10.8 Å². The van der Waals surface area contributed by atoms with Crippen LogP contribution in [0.1, 0.15) is 16.1 Å². The number of aromatic nitrogens is 1. The average molecular weight is 243 g/mol. The minimum atomic E-state index is -4.57. The van der Waals surface area contributed by atoms with E-state index in [1.165, 1.54) is 0 Å². The number of nitrogens with two attached hydrogens (primary N) is 1. The summed E-state index contributed by atoms with van der Waals surface area (Å²) in [5.74, 6) is -1.46. The normalized spacial score (nSPS) is 10.6. The summed E-state index contributed by atoms with van der Waals surface area (Å²) in [6.07, 6.45) is -4.14. The summed E-state index contributed by atoms with van der Waals surface area (Å²) >= 11 is 0. The summed E-state index contributed by atoms with van der Waals surface area (Å²) in [5, 5.41) is 8.44. The molecule has 0 saturated heterocycles. The summed E-state index contributed by atoms with van der Waals surface area (Å²) in [7, 11) is 0. The van der Waals surface area contributed by atoms with Gasteiger partial charge in [0.1, 0.15) is 0 Å². The second-order valence-corrected chi connectivity index (χ2v) is 2.46. The fraction of sp³-hybridized carbons (Fsp3) is 0.143. The van der Waals surface area contributed by atoms with Crippen LogP contribution in [0.2, 0.25) is 0 Å². The molecule has 0 spiro atoms. The highest BCUT2D eigenvalue weighted by molar-refractivity contribution is 5.91. The van der Waals surface area contributed by atoms with Gasteiger partial charge in [-0.3, -0.25) is 0 Å². The predicted octanol–water partition coefficient (Wildman–Crippen LogP) is 1.80. The molecular formula is C7H6ClF3N2O2. The molecule has 1 aromatic rings. The van der Waals surface area contributed by atoms with Crippen LogP contribution in [0, 0.1) is 0 Å². The highest BCUT2D eigenvalue weighted by atomic mass is 35.5. The number of carboxylic acid groups (broad SMARTS) is 1. The molecule has 0 aliphatic rings. The Balaban J connectivity index is 0.00000196. The van der Waals surface area contributed by atoms with Gasteiger partial charge in [-0.2, -0.15) is 13.2 Å². The number of pyridine rings is 1. The number of rotatable bonds is 1. The molecule has 0 saturated carbocycles. The van der Waals surface area contributed by atoms with E-state index in [9.17, 15) is 18.0 Å². The van der Waals surface area contributed by atoms with Gasteiger partial charge in [0.05, 0.1) is 11.3 Å². The molecule has 0 fully saturated rings. The summed E-state index contributed by atoms with van der Waals surface area (Å²) in [5.41, 5.74) is 2.91. The molecule has 0 unspecified atom stereocenters. The van der Waals surface area contributed by atoms with Crippen molar-refractivity contribution in [2.24, 2.45) is 0 Å². The molecule has 0 radical (unpaired) electrons. The van der Waals surface area contributed by atoms with E-state index in [0.717, 1.165) is 0 Å². The van der Waals surface area contributed by atoms with Gasteiger partial charge in [0, 0.05) is 6.20 Å². The third-order valence-corrected chi connectivity index (χ3v) is 1.45. The van der Waals surface area contributed by atoms with Crippen LogP contribution in [-0.2, 0) is 6.18 Å². The van der Waals surface area contributed by atoms with Gasteiger partial charge in [-0.1, -0.05) is 0 Å². The van der Waals surface area contributed by atoms with Gasteiger partial charge in [0.2, 0.25) is 0 Å². The lowest BCUT2D eigenvalue weighted by molar-refractivity contribution is -0.137. The van der Waals surface area contributed by atoms with Crippen molar-refractivity contribution in [3.8, 4) is 0 Å². The molecule has 8 heteroatoms. The Kier molecular flexibility index (Phi) is 3.91. The predicted molar refractivity (Wildman–Crippen MR) is 47.9 cm³/mol. The zero-order valence-corrected chi connectivity index (χ0v) is 7.89. The zero-order chi connectivity index (χ0) is 10.9. The molecule has 0 aromatic carbocycles. The number of carboxylic acids is 1. The molecule has 15 heavy (non-hydrogen) atoms. The maximum Gasteiger partial charge on any atom is 0.417 e. The number of alkyl halides is 3. The van der Waals surface area contributed by atoms with Crippen LogP contribution in [0.3, 0.4) is 0 Å². The van der Waals surface area contributed by atoms with Crippen molar-refractivity contribution >= 4 is 24.1 Å². The highest BCUT2D eigenvalue weighted by Gasteiger charge is 2.31. The smallest absolute Gasteiger partial charge is 0.417 e. The molecular weight excluding hydrogens is 237 g/mol. The topological polar surface area (TPSA) is 76.2 Å². The fourth-order valence-corrected chi connectivity index (χ4v) is 0.816. The minimum Gasteiger partial charge on any atom is -0.476 e. The number of halogens is 4. The third kappa shape index (κ3) is 2.98. The first kappa shape index (κ1) is 13.5. The number of nitrogens with zero attached hydrogens (tertiary/aromatic N) is 1. The van der Waals surface area contributed by atoms with Gasteiger partial charge < -0.3 is 10.8 Å². The number of anilines is 1. The number of hydrogen-bond donors (Lipinski definition) is 2. The summed E-state index contributed by atoms with van der Waals surface area (Å²) < 4.78 is 36.2. The Morgan fingerprint density at radius 3 is 2.33 bits per heavy atom. The molecule has 0 aliphatic carbocycles. The largest absolute Gasteiger partial charge is 0.476 e. The lowest BCUT2D eigenvalue weighted by atomic mass is 10.2. The first-order chi connectivity index (χ1) is 6.32. The van der Waals surface area contributed by atoms with Crippen molar-refractivity contribution in [3.63, 3.8) is 0 Å². The molecule has 1 rings (SSSR count). The van der Waals surface area contributed by atoms with Gasteiger partial charge >= 0.3 is 12.1 Å². The van der Waals surface area contributed by atoms with E-state index in [1.54, 1.807) is 0 Å². The van der Waals surface area contributed by atoms with Crippen molar-refractivity contribution in [2.45, 2.75) is 6.18 Å². The number of carbonyl (C=O) groups is 1. The van der Waals surface area contributed by atoms with Crippen molar-refractivity contribution in [2.75, 3.05) is 5.73 Å². The third-order valence-electron chi connectivity index (χ3n) is 1.45. The quantitative estimate of drug-likeness (QED) is 0.787. The average Bonchev–Trinajstić information content (AvgIpc) is 2.01. The maximum absolute atomic E-state index is 12.1. The standard InChI is InChI=1S/C7H5F3N2O2.ClH/c8-7(9,10)3-1-4(11)5(6(13)14)12-2-3;/h1-2H,11H2,(H,13,14);1H. The second-order valence-electron chi connectivity index (χ2n) is 2.46. The van der Waals surface area contributed by atoms with E-state index in [1.807, 2.05) is 0 Å². The van der Waals surface area contributed by atoms with E-state index >= 15 is 0 Å². The first-order valence-electron chi connectivity index (χ1n) is 3.38. The number of nitrogen functional groups attached to an aromatic ring is 1. The van der Waals surface area contributed by atoms with Crippen LogP contribution in [0.15, 0.2) is 12.3 Å². The first-order valence-corrected chi connectivity index (χ1v) is 3.38. The van der Waals surface area contributed by atoms with Gasteiger partial charge in [0.15, 0.2) is 5.69 Å². The summed E-state index contributed by atoms with van der Waals surface area (Å²) in [6.45, 7) is 0. The van der Waals surface area contributed by atoms with Gasteiger partial charge in [-0.15, -0.1) is 12.4 Å². The Labute approximate surface area is 88.3 Å². The number of aromatic carboxylic acids is 1. The van der Waals surface area contributed by atoms with Gasteiger partial charge in [-0.25, -0.2) is 9.78 Å². The molecule has 0 atom stereocenters. The van der Waals surface area contributed by atoms with Crippen molar-refractivity contribution in [1.82, 2.24) is 4.98 Å². The van der Waals surface area contributed by atoms with E-state index in [-0.39, 0.29) is 12.4 Å². The van der Waals surface area contributed by atoms with Crippen molar-refractivity contribution in [3.05, 3.63) is 23.5 Å². The molecule has 3 N–H and O–H groups in total. The SMILES string of the molecule is Cl.Nc1cc(C(F)(F)F)cnc1C(=O)O. The van der Waals surface area contributed by atoms with Crippen LogP contribution in [0.25, 0.3) is 0 Å². The van der Waals surface area contributed by atoms with Gasteiger partial charge in [0.25, 0.3) is 0 Å². The lowest BCUT2D eigenvalue weighted by Crippen LogP contribution is -2.11. The molecule has 4 nitrogen and oxygen atoms in total. The molecule has 0 aliphatic heterocycles. The van der Waals surface area contributed by atoms with E-state index < -0.39 is 29.1 Å². The fourth-order valence-electron chi connectivity index (χ4n) is 0.816. The number of hydrogen-bond acceptors (Lipinski definition) is 3. The van der Waals surface area contributed by atoms with E-state index in [2.05, 4.69) is 4.98 Å². The van der Waals surface area contributed by atoms with Crippen LogP contribution in [-0.4, -0.2) is 16.1 Å². The van der Waals surface area contributed by atoms with Crippen LogP contribution < -0.4 is 5.73 Å². The molecule has 84 valence electrons. The zero-order valence-electron chi connectivity index (χ0n) is 7.08. The molecule has 0 bridgehead atoms. The molecule has 1 aromatic heterocycles. The van der Waals surface area contributed by atoms with Crippen molar-refractivity contribution < 1.29 is 23.1 Å². The monoisotopic (exact) mass is 242 g/mol. The van der Waals surface area contributed by atoms with Gasteiger partial charge in [-0.05, 0) is 6.07 Å². The Morgan fingerprint density at radius 1 is 1.47 bits per heavy atom. The van der Waals surface area contributed by atoms with Crippen molar-refractivity contribution in [1.29, 1.82) is 0 Å². The van der Waals surface area contributed by atoms with E-state index in [0.29, 0.717) is 12.3 Å². The highest BCUT2D eigenvalue weighted by Crippen LogP contribution is 2.30. The summed E-state index contributed by atoms with van der Waals surface area (Å²) in [4.78, 5) is 13.5. The Morgan fingerprint density at radius 2 is 2.00 bits per heavy atom. The Hall–Kier alpha value is -1.50. The van der Waals surface area contributed by atoms with Crippen LogP contribution in [0.5, 0.6) is 0 Å². The Bertz CT molecular complexity index is 381. The summed E-state index contributed by atoms with van der Waals surface area (Å²) in [6, 6.07) is 0.538. The minimum absolute atomic E-state index is 0. The van der Waals surface area contributed by atoms with Crippen LogP contribution in [0.4, 0.5) is 18.9 Å². The molecule has 1 heterocycles. The lowest BCUT2D eigenvalue weighted by Gasteiger charge is -2.07. The van der Waals surface area contributed by atoms with Crippen LogP contribution >= 0.6 is 12.4 Å².